The van der Waals surface area contributed by atoms with Crippen molar-refractivity contribution in [2.24, 2.45) is 0 Å². The van der Waals surface area contributed by atoms with Crippen molar-refractivity contribution in [1.82, 2.24) is 9.97 Å². The Morgan fingerprint density at radius 2 is 2.27 bits per heavy atom. The number of ether oxygens (including phenoxy) is 1. The zero-order chi connectivity index (χ0) is 10.3. The molecular weight excluding hydrogens is 188 g/mol. The molecule has 3 rings (SSSR count). The van der Waals surface area contributed by atoms with Crippen LogP contribution in [-0.4, -0.2) is 16.6 Å². The molecule has 1 aliphatic rings. The van der Waals surface area contributed by atoms with Gasteiger partial charge in [0.25, 0.3) is 0 Å². The molecule has 0 bridgehead atoms. The summed E-state index contributed by atoms with van der Waals surface area (Å²) >= 11 is 0. The van der Waals surface area contributed by atoms with Crippen LogP contribution in [0.2, 0.25) is 0 Å². The average Bonchev–Trinajstić information content (AvgIpc) is 2.83. The van der Waals surface area contributed by atoms with Crippen molar-refractivity contribution in [2.45, 2.75) is 12.8 Å². The first-order valence-electron chi connectivity index (χ1n) is 5.08. The van der Waals surface area contributed by atoms with Crippen molar-refractivity contribution in [3.63, 3.8) is 0 Å². The molecule has 1 N–H and O–H groups in total. The predicted molar refractivity (Wildman–Crippen MR) is 57.1 cm³/mol. The third kappa shape index (κ3) is 1.31. The molecule has 0 saturated heterocycles. The Balaban J connectivity index is 2.04. The number of para-hydroxylation sites is 1. The van der Waals surface area contributed by atoms with Gasteiger partial charge in [0.15, 0.2) is 0 Å². The largest absolute Gasteiger partial charge is 0.492 e. The number of hydrogen-bond acceptors (Lipinski definition) is 2. The van der Waals surface area contributed by atoms with Crippen LogP contribution in [0.15, 0.2) is 30.5 Å². The van der Waals surface area contributed by atoms with Gasteiger partial charge < -0.3 is 9.72 Å². The van der Waals surface area contributed by atoms with Crippen molar-refractivity contribution in [2.75, 3.05) is 6.61 Å². The van der Waals surface area contributed by atoms with Crippen LogP contribution in [0.3, 0.4) is 0 Å². The number of benzene rings is 1. The third-order valence-corrected chi connectivity index (χ3v) is 2.75. The van der Waals surface area contributed by atoms with Gasteiger partial charge in [-0.3, -0.25) is 0 Å². The molecule has 0 spiro atoms. The lowest BCUT2D eigenvalue weighted by atomic mass is 10.0. The van der Waals surface area contributed by atoms with E-state index in [1.165, 1.54) is 5.56 Å². The van der Waals surface area contributed by atoms with E-state index in [9.17, 15) is 0 Å². The first kappa shape index (κ1) is 8.53. The second-order valence-corrected chi connectivity index (χ2v) is 3.85. The van der Waals surface area contributed by atoms with Gasteiger partial charge in [-0.2, -0.15) is 0 Å². The lowest BCUT2D eigenvalue weighted by Crippen LogP contribution is -2.04. The molecule has 0 radical (unpaired) electrons. The summed E-state index contributed by atoms with van der Waals surface area (Å²) in [4.78, 5) is 7.63. The molecule has 2 heterocycles. The molecular formula is C12H12N2O. The van der Waals surface area contributed by atoms with Gasteiger partial charge in [-0.05, 0) is 13.0 Å². The summed E-state index contributed by atoms with van der Waals surface area (Å²) in [6.45, 7) is 2.70. The van der Waals surface area contributed by atoms with Gasteiger partial charge in [0.05, 0.1) is 5.92 Å². The average molecular weight is 200 g/mol. The summed E-state index contributed by atoms with van der Waals surface area (Å²) in [6.07, 6.45) is 1.86. The summed E-state index contributed by atoms with van der Waals surface area (Å²) in [7, 11) is 0. The minimum atomic E-state index is 0.259. The number of fused-ring (bicyclic) bond motifs is 1. The number of nitrogens with zero attached hydrogens (tertiary/aromatic N) is 1. The molecule has 1 unspecified atom stereocenters. The predicted octanol–water partition coefficient (Wildman–Crippen LogP) is 2.24. The maximum Gasteiger partial charge on any atom is 0.123 e. The Morgan fingerprint density at radius 3 is 3.07 bits per heavy atom. The number of imidazole rings is 1. The van der Waals surface area contributed by atoms with Crippen LogP contribution in [0, 0.1) is 6.92 Å². The van der Waals surface area contributed by atoms with Gasteiger partial charge >= 0.3 is 0 Å². The number of nitrogens with one attached hydrogen (secondary N) is 1. The maximum atomic E-state index is 5.61. The van der Waals surface area contributed by atoms with E-state index < -0.39 is 0 Å². The SMILES string of the molecule is Cc1cnc(C2COc3ccccc32)[nH]1. The Bertz CT molecular complexity index is 490. The van der Waals surface area contributed by atoms with Gasteiger partial charge in [-0.1, -0.05) is 18.2 Å². The van der Waals surface area contributed by atoms with Gasteiger partial charge in [0, 0.05) is 17.5 Å². The first-order valence-corrected chi connectivity index (χ1v) is 5.08. The summed E-state index contributed by atoms with van der Waals surface area (Å²) in [5.41, 5.74) is 2.32. The van der Waals surface area contributed by atoms with E-state index in [-0.39, 0.29) is 5.92 Å². The van der Waals surface area contributed by atoms with Gasteiger partial charge in [-0.15, -0.1) is 0 Å². The number of hydrogen-bond donors (Lipinski definition) is 1. The number of aromatic amines is 1. The molecule has 1 aromatic carbocycles. The quantitative estimate of drug-likeness (QED) is 0.766. The molecule has 0 fully saturated rings. The van der Waals surface area contributed by atoms with E-state index in [4.69, 9.17) is 4.74 Å². The minimum Gasteiger partial charge on any atom is -0.492 e. The topological polar surface area (TPSA) is 37.9 Å². The highest BCUT2D eigenvalue weighted by Crippen LogP contribution is 2.36. The zero-order valence-electron chi connectivity index (χ0n) is 8.53. The van der Waals surface area contributed by atoms with Gasteiger partial charge in [-0.25, -0.2) is 4.98 Å². The van der Waals surface area contributed by atoms with Crippen molar-refractivity contribution < 1.29 is 4.74 Å². The molecule has 1 aromatic heterocycles. The molecule has 3 heteroatoms. The van der Waals surface area contributed by atoms with E-state index >= 15 is 0 Å². The minimum absolute atomic E-state index is 0.259. The Hall–Kier alpha value is -1.77. The normalized spacial score (nSPS) is 18.6. The van der Waals surface area contributed by atoms with Crippen LogP contribution in [-0.2, 0) is 0 Å². The van der Waals surface area contributed by atoms with Crippen LogP contribution in [0.4, 0.5) is 0 Å². The number of H-pyrrole nitrogens is 1. The van der Waals surface area contributed by atoms with Crippen LogP contribution in [0.1, 0.15) is 23.0 Å². The lowest BCUT2D eigenvalue weighted by molar-refractivity contribution is 0.340. The summed E-state index contributed by atoms with van der Waals surface area (Å²) < 4.78 is 5.61. The van der Waals surface area contributed by atoms with Gasteiger partial charge in [0.1, 0.15) is 18.2 Å². The van der Waals surface area contributed by atoms with Crippen LogP contribution in [0.5, 0.6) is 5.75 Å². The summed E-state index contributed by atoms with van der Waals surface area (Å²) in [5.74, 6) is 2.24. The molecule has 3 nitrogen and oxygen atoms in total. The van der Waals surface area contributed by atoms with E-state index in [0.29, 0.717) is 6.61 Å². The van der Waals surface area contributed by atoms with Gasteiger partial charge in [0.2, 0.25) is 0 Å². The first-order chi connectivity index (χ1) is 7.34. The fourth-order valence-corrected chi connectivity index (χ4v) is 2.00. The smallest absolute Gasteiger partial charge is 0.123 e. The highest BCUT2D eigenvalue weighted by molar-refractivity contribution is 5.42. The summed E-state index contributed by atoms with van der Waals surface area (Å²) in [6, 6.07) is 8.14. The van der Waals surface area contributed by atoms with E-state index in [0.717, 1.165) is 17.3 Å². The molecule has 0 amide bonds. The molecule has 15 heavy (non-hydrogen) atoms. The maximum absolute atomic E-state index is 5.61. The van der Waals surface area contributed by atoms with Crippen molar-refractivity contribution in [1.29, 1.82) is 0 Å². The molecule has 2 aromatic rings. The molecule has 0 aliphatic carbocycles. The highest BCUT2D eigenvalue weighted by atomic mass is 16.5. The Labute approximate surface area is 88.1 Å². The Morgan fingerprint density at radius 1 is 1.40 bits per heavy atom. The fraction of sp³-hybridized carbons (Fsp3) is 0.250. The highest BCUT2D eigenvalue weighted by Gasteiger charge is 2.26. The lowest BCUT2D eigenvalue weighted by Gasteiger charge is -2.04. The summed E-state index contributed by atoms with van der Waals surface area (Å²) in [5, 5.41) is 0. The van der Waals surface area contributed by atoms with Crippen LogP contribution in [0.25, 0.3) is 0 Å². The number of aromatic nitrogens is 2. The molecule has 76 valence electrons. The third-order valence-electron chi connectivity index (χ3n) is 2.75. The van der Waals surface area contributed by atoms with E-state index in [2.05, 4.69) is 16.0 Å². The standard InChI is InChI=1S/C12H12N2O/c1-8-6-13-12(14-8)10-7-15-11-5-3-2-4-9(10)11/h2-6,10H,7H2,1H3,(H,13,14). The Kier molecular flexibility index (Phi) is 1.78. The second-order valence-electron chi connectivity index (χ2n) is 3.85. The molecule has 1 aliphatic heterocycles. The number of aryl methyl sites for hydroxylation is 1. The number of rotatable bonds is 1. The van der Waals surface area contributed by atoms with Crippen molar-refractivity contribution in [3.8, 4) is 5.75 Å². The fourth-order valence-electron chi connectivity index (χ4n) is 2.00. The molecule has 1 atom stereocenters. The van der Waals surface area contributed by atoms with Crippen molar-refractivity contribution >= 4 is 0 Å². The van der Waals surface area contributed by atoms with E-state index in [1.54, 1.807) is 0 Å². The molecule has 0 saturated carbocycles. The second kappa shape index (κ2) is 3.12. The van der Waals surface area contributed by atoms with E-state index in [1.807, 2.05) is 31.3 Å². The van der Waals surface area contributed by atoms with Crippen LogP contribution < -0.4 is 4.74 Å². The monoisotopic (exact) mass is 200 g/mol. The zero-order valence-corrected chi connectivity index (χ0v) is 8.53. The van der Waals surface area contributed by atoms with Crippen LogP contribution >= 0.6 is 0 Å². The van der Waals surface area contributed by atoms with Crippen molar-refractivity contribution in [3.05, 3.63) is 47.5 Å².